The minimum absolute atomic E-state index is 0. The molecule has 2 fully saturated rings. The summed E-state index contributed by atoms with van der Waals surface area (Å²) < 4.78 is 0. The van der Waals surface area contributed by atoms with E-state index < -0.39 is 5.41 Å². The third kappa shape index (κ3) is 6.30. The molecule has 0 aromatic heterocycles. The Labute approximate surface area is 179 Å². The normalized spacial score (nSPS) is 31.1. The van der Waals surface area contributed by atoms with E-state index in [-0.39, 0.29) is 41.3 Å². The lowest BCUT2D eigenvalue weighted by Crippen LogP contribution is -2.43. The SMILES string of the molecule is C=CC[C@@]1(C)CCCC(C)(C)C1=O.CC(=O)C[C@@]1(C)CCCC(C)(C)C1=O.[SH-]. The molecule has 2 rings (SSSR count). The van der Waals surface area contributed by atoms with Crippen molar-refractivity contribution >= 4 is 30.8 Å². The zero-order valence-electron chi connectivity index (χ0n) is 19.1. The first-order chi connectivity index (χ1) is 12.2. The number of allylic oxidation sites excluding steroid dienone is 1. The Bertz CT molecular complexity index is 605. The third-order valence-electron chi connectivity index (χ3n) is 6.62. The zero-order valence-corrected chi connectivity index (χ0v) is 20.0. The lowest BCUT2D eigenvalue weighted by Gasteiger charge is -2.40. The highest BCUT2D eigenvalue weighted by molar-refractivity contribution is 7.37. The molecule has 0 unspecified atom stereocenters. The van der Waals surface area contributed by atoms with Gasteiger partial charge in [0.05, 0.1) is 0 Å². The highest BCUT2D eigenvalue weighted by Crippen LogP contribution is 2.45. The molecule has 4 heteroatoms. The molecule has 3 nitrogen and oxygen atoms in total. The molecule has 2 aliphatic rings. The van der Waals surface area contributed by atoms with Crippen LogP contribution in [0.2, 0.25) is 0 Å². The van der Waals surface area contributed by atoms with Gasteiger partial charge in [0.1, 0.15) is 17.3 Å². The van der Waals surface area contributed by atoms with E-state index >= 15 is 0 Å². The molecule has 2 aliphatic carbocycles. The van der Waals surface area contributed by atoms with Gasteiger partial charge in [-0.05, 0) is 39.0 Å². The van der Waals surface area contributed by atoms with Gasteiger partial charge in [-0.25, -0.2) is 0 Å². The Balaban J connectivity index is 0.000000504. The van der Waals surface area contributed by atoms with E-state index in [1.54, 1.807) is 6.92 Å². The van der Waals surface area contributed by atoms with Crippen molar-refractivity contribution in [2.45, 2.75) is 99.8 Å². The van der Waals surface area contributed by atoms with E-state index in [1.807, 2.05) is 26.8 Å². The van der Waals surface area contributed by atoms with Crippen LogP contribution in [0.4, 0.5) is 0 Å². The summed E-state index contributed by atoms with van der Waals surface area (Å²) in [5.74, 6) is 0.816. The maximum Gasteiger partial charge on any atom is 0.144 e. The molecular weight excluding hydrogens is 368 g/mol. The smallest absolute Gasteiger partial charge is 0.144 e. The summed E-state index contributed by atoms with van der Waals surface area (Å²) in [6.07, 6.45) is 9.24. The van der Waals surface area contributed by atoms with Gasteiger partial charge in [0.2, 0.25) is 0 Å². The Morgan fingerprint density at radius 1 is 0.857 bits per heavy atom. The first kappa shape index (κ1) is 27.1. The summed E-state index contributed by atoms with van der Waals surface area (Å²) in [4.78, 5) is 35.4. The van der Waals surface area contributed by atoms with Crippen molar-refractivity contribution in [1.82, 2.24) is 0 Å². The molecule has 0 N–H and O–H groups in total. The van der Waals surface area contributed by atoms with E-state index in [4.69, 9.17) is 0 Å². The van der Waals surface area contributed by atoms with E-state index in [1.165, 1.54) is 6.42 Å². The minimum atomic E-state index is -0.395. The van der Waals surface area contributed by atoms with Crippen LogP contribution in [0.1, 0.15) is 99.8 Å². The molecule has 0 bridgehead atoms. The van der Waals surface area contributed by atoms with Crippen molar-refractivity contribution in [1.29, 1.82) is 0 Å². The Hall–Kier alpha value is -0.900. The zero-order chi connectivity index (χ0) is 21.1. The van der Waals surface area contributed by atoms with Gasteiger partial charge >= 0.3 is 0 Å². The van der Waals surface area contributed by atoms with Crippen LogP contribution >= 0.6 is 0 Å². The molecular formula is C24H41O3S-. The van der Waals surface area contributed by atoms with E-state index in [0.717, 1.165) is 38.5 Å². The lowest BCUT2D eigenvalue weighted by molar-refractivity contribution is -0.143. The first-order valence-corrected chi connectivity index (χ1v) is 10.4. The van der Waals surface area contributed by atoms with Crippen molar-refractivity contribution in [2.24, 2.45) is 21.7 Å². The van der Waals surface area contributed by atoms with Gasteiger partial charge in [-0.2, -0.15) is 0 Å². The Morgan fingerprint density at radius 3 is 1.64 bits per heavy atom. The average Bonchev–Trinajstić information content (AvgIpc) is 2.50. The second kappa shape index (κ2) is 9.73. The van der Waals surface area contributed by atoms with Gasteiger partial charge in [-0.3, -0.25) is 14.4 Å². The Kier molecular flexibility index (Phi) is 9.42. The molecule has 0 spiro atoms. The van der Waals surface area contributed by atoms with Gasteiger partial charge < -0.3 is 13.5 Å². The fraction of sp³-hybridized carbons (Fsp3) is 0.792. The van der Waals surface area contributed by atoms with Crippen molar-refractivity contribution in [3.05, 3.63) is 12.7 Å². The predicted octanol–water partition coefficient (Wildman–Crippen LogP) is 5.83. The monoisotopic (exact) mass is 409 g/mol. The molecule has 0 amide bonds. The summed E-state index contributed by atoms with van der Waals surface area (Å²) >= 11 is 0. The van der Waals surface area contributed by atoms with Crippen molar-refractivity contribution in [2.75, 3.05) is 0 Å². The van der Waals surface area contributed by atoms with E-state index in [2.05, 4.69) is 27.4 Å². The number of rotatable bonds is 4. The lowest BCUT2D eigenvalue weighted by atomic mass is 9.61. The molecule has 0 aliphatic heterocycles. The van der Waals surface area contributed by atoms with Crippen LogP contribution in [-0.2, 0) is 27.9 Å². The molecule has 0 saturated heterocycles. The summed E-state index contributed by atoms with van der Waals surface area (Å²) in [6, 6.07) is 0. The van der Waals surface area contributed by atoms with Crippen molar-refractivity contribution < 1.29 is 14.4 Å². The number of carbonyl (C=O) groups excluding carboxylic acids is 3. The van der Waals surface area contributed by atoms with Gasteiger partial charge in [0, 0.05) is 28.1 Å². The molecule has 0 aromatic rings. The summed E-state index contributed by atoms with van der Waals surface area (Å²) in [5.41, 5.74) is -0.879. The second-order valence-corrected chi connectivity index (χ2v) is 10.6. The van der Waals surface area contributed by atoms with Gasteiger partial charge in [0.15, 0.2) is 0 Å². The maximum absolute atomic E-state index is 12.2. The molecule has 0 heterocycles. The topological polar surface area (TPSA) is 51.2 Å². The highest BCUT2D eigenvalue weighted by Gasteiger charge is 2.46. The second-order valence-electron chi connectivity index (χ2n) is 10.6. The van der Waals surface area contributed by atoms with E-state index in [0.29, 0.717) is 12.2 Å². The van der Waals surface area contributed by atoms with Gasteiger partial charge in [-0.15, -0.1) is 6.58 Å². The third-order valence-corrected chi connectivity index (χ3v) is 6.62. The van der Waals surface area contributed by atoms with Crippen LogP contribution in [0.3, 0.4) is 0 Å². The summed E-state index contributed by atoms with van der Waals surface area (Å²) in [6.45, 7) is 17.4. The maximum atomic E-state index is 12.2. The molecule has 162 valence electrons. The number of hydrogen-bond acceptors (Lipinski definition) is 4. The molecule has 28 heavy (non-hydrogen) atoms. The van der Waals surface area contributed by atoms with Crippen LogP contribution in [-0.4, -0.2) is 17.3 Å². The van der Waals surface area contributed by atoms with Gasteiger partial charge in [-0.1, -0.05) is 60.5 Å². The van der Waals surface area contributed by atoms with E-state index in [9.17, 15) is 14.4 Å². The number of carbonyl (C=O) groups is 3. The van der Waals surface area contributed by atoms with Crippen LogP contribution in [0.5, 0.6) is 0 Å². The number of thiol groups is 1. The van der Waals surface area contributed by atoms with Crippen molar-refractivity contribution in [3.63, 3.8) is 0 Å². The number of Topliss-reactive ketones (excluding diaryl/α,β-unsaturated/α-hetero) is 3. The van der Waals surface area contributed by atoms with Gasteiger partial charge in [0.25, 0.3) is 0 Å². The first-order valence-electron chi connectivity index (χ1n) is 10.4. The van der Waals surface area contributed by atoms with Crippen LogP contribution in [0, 0.1) is 21.7 Å². The standard InChI is InChI=1S/C12H20O2.C12H20O.H2S/c1-9(13)8-12(4)7-5-6-11(2,3)10(12)14;1-5-7-12(4)9-6-8-11(2,3)10(12)13;/h5-8H2,1-4H3;5H,1,6-9H2,2-4H3;1H2/p-1/t2*12-;/m10./s1. The minimum Gasteiger partial charge on any atom is -0.813 e. The quantitative estimate of drug-likeness (QED) is 0.333. The summed E-state index contributed by atoms with van der Waals surface area (Å²) in [5, 5.41) is 0. The highest BCUT2D eigenvalue weighted by atomic mass is 32.1. The van der Waals surface area contributed by atoms with Crippen molar-refractivity contribution in [3.8, 4) is 0 Å². The molecule has 2 atom stereocenters. The largest absolute Gasteiger partial charge is 0.813 e. The predicted molar refractivity (Wildman–Crippen MR) is 120 cm³/mol. The fourth-order valence-corrected chi connectivity index (χ4v) is 5.16. The molecule has 0 radical (unpaired) electrons. The van der Waals surface area contributed by atoms with Crippen LogP contribution in [0.25, 0.3) is 0 Å². The molecule has 0 aromatic carbocycles. The molecule has 2 saturated carbocycles. The number of ketones is 3. The van der Waals surface area contributed by atoms with Crippen LogP contribution < -0.4 is 0 Å². The summed E-state index contributed by atoms with van der Waals surface area (Å²) in [7, 11) is 0. The fourth-order valence-electron chi connectivity index (χ4n) is 5.16. The Morgan fingerprint density at radius 2 is 1.25 bits per heavy atom. The van der Waals surface area contributed by atoms with Crippen LogP contribution in [0.15, 0.2) is 12.7 Å². The average molecular weight is 410 g/mol. The number of hydrogen-bond donors (Lipinski definition) is 0.